The number of nitrogens with one attached hydrogen (secondary N) is 1. The van der Waals surface area contributed by atoms with E-state index >= 15 is 0 Å². The average molecular weight is 342 g/mol. The highest BCUT2D eigenvalue weighted by molar-refractivity contribution is 5.84. The van der Waals surface area contributed by atoms with Gasteiger partial charge in [0, 0.05) is 60.7 Å². The van der Waals surface area contributed by atoms with E-state index in [1.54, 1.807) is 19.0 Å². The molecule has 0 radical (unpaired) electrons. The molecular formula is C17H34N4O3. The first-order valence-corrected chi connectivity index (χ1v) is 8.89. The van der Waals surface area contributed by atoms with E-state index in [0.29, 0.717) is 5.92 Å². The van der Waals surface area contributed by atoms with Crippen LogP contribution in [0.2, 0.25) is 0 Å². The van der Waals surface area contributed by atoms with Crippen molar-refractivity contribution < 1.29 is 14.3 Å². The normalized spacial score (nSPS) is 16.1. The lowest BCUT2D eigenvalue weighted by Gasteiger charge is -2.29. The zero-order valence-electron chi connectivity index (χ0n) is 15.7. The summed E-state index contributed by atoms with van der Waals surface area (Å²) < 4.78 is 10.8. The molecule has 1 heterocycles. The van der Waals surface area contributed by atoms with Gasteiger partial charge in [0.2, 0.25) is 5.91 Å². The van der Waals surface area contributed by atoms with Crippen molar-refractivity contribution in [3.8, 4) is 0 Å². The number of hydrogen-bond acceptors (Lipinski definition) is 4. The number of hydrogen-bond donors (Lipinski definition) is 1. The Kier molecular flexibility index (Phi) is 10.4. The second-order valence-electron chi connectivity index (χ2n) is 6.34. The first-order chi connectivity index (χ1) is 11.5. The van der Waals surface area contributed by atoms with E-state index in [2.05, 4.69) is 15.2 Å². The highest BCUT2D eigenvalue weighted by Crippen LogP contribution is 2.15. The van der Waals surface area contributed by atoms with Gasteiger partial charge >= 0.3 is 0 Å². The summed E-state index contributed by atoms with van der Waals surface area (Å²) in [6.45, 7) is 7.02. The zero-order valence-corrected chi connectivity index (χ0v) is 15.7. The van der Waals surface area contributed by atoms with Crippen molar-refractivity contribution in [2.45, 2.75) is 26.2 Å². The number of rotatable bonds is 9. The molecule has 140 valence electrons. The van der Waals surface area contributed by atoms with Crippen LogP contribution in [-0.4, -0.2) is 88.9 Å². The Balaban J connectivity index is 2.53. The standard InChI is InChI=1S/C17H34N4O3/c1-5-23-10-6-9-18-17(19-13-16(22)20(2)3)21(4)14-15-7-11-24-12-8-15/h15H,5-14H2,1-4H3,(H,18,19). The molecule has 1 N–H and O–H groups in total. The molecule has 1 rings (SSSR count). The molecule has 0 unspecified atom stereocenters. The Hall–Kier alpha value is -1.34. The molecule has 7 nitrogen and oxygen atoms in total. The van der Waals surface area contributed by atoms with Crippen molar-refractivity contribution in [1.29, 1.82) is 0 Å². The second kappa shape index (κ2) is 12.1. The molecule has 0 atom stereocenters. The lowest BCUT2D eigenvalue weighted by molar-refractivity contribution is -0.127. The topological polar surface area (TPSA) is 66.4 Å². The molecule has 0 bridgehead atoms. The predicted octanol–water partition coefficient (Wildman–Crippen LogP) is 0.805. The monoisotopic (exact) mass is 342 g/mol. The second-order valence-corrected chi connectivity index (χ2v) is 6.34. The van der Waals surface area contributed by atoms with Crippen LogP contribution in [0.25, 0.3) is 0 Å². The lowest BCUT2D eigenvalue weighted by Crippen LogP contribution is -2.43. The fourth-order valence-corrected chi connectivity index (χ4v) is 2.52. The van der Waals surface area contributed by atoms with Gasteiger partial charge in [0.1, 0.15) is 6.54 Å². The van der Waals surface area contributed by atoms with Crippen LogP contribution in [0, 0.1) is 5.92 Å². The smallest absolute Gasteiger partial charge is 0.243 e. The molecule has 0 spiro atoms. The maximum atomic E-state index is 11.8. The maximum absolute atomic E-state index is 11.8. The van der Waals surface area contributed by atoms with Crippen molar-refractivity contribution in [2.75, 3.05) is 67.2 Å². The summed E-state index contributed by atoms with van der Waals surface area (Å²) in [4.78, 5) is 20.0. The average Bonchev–Trinajstić information content (AvgIpc) is 2.57. The number of nitrogens with zero attached hydrogens (tertiary/aromatic N) is 3. The van der Waals surface area contributed by atoms with Crippen LogP contribution < -0.4 is 5.32 Å². The van der Waals surface area contributed by atoms with E-state index in [-0.39, 0.29) is 12.5 Å². The number of likely N-dealkylation sites (N-methyl/N-ethyl adjacent to an activating group) is 1. The van der Waals surface area contributed by atoms with E-state index < -0.39 is 0 Å². The summed E-state index contributed by atoms with van der Waals surface area (Å²) >= 11 is 0. The van der Waals surface area contributed by atoms with Crippen LogP contribution in [0.15, 0.2) is 4.99 Å². The third kappa shape index (κ3) is 8.49. The third-order valence-corrected chi connectivity index (χ3v) is 4.05. The number of ether oxygens (including phenoxy) is 2. The van der Waals surface area contributed by atoms with Crippen molar-refractivity contribution >= 4 is 11.9 Å². The minimum absolute atomic E-state index is 0.00285. The summed E-state index contributed by atoms with van der Waals surface area (Å²) in [7, 11) is 5.53. The zero-order chi connectivity index (χ0) is 17.8. The van der Waals surface area contributed by atoms with Crippen molar-refractivity contribution in [3.05, 3.63) is 0 Å². The van der Waals surface area contributed by atoms with Crippen molar-refractivity contribution in [2.24, 2.45) is 10.9 Å². The van der Waals surface area contributed by atoms with E-state index in [1.165, 1.54) is 0 Å². The summed E-state index contributed by atoms with van der Waals surface area (Å²) in [6.07, 6.45) is 3.08. The molecule has 0 aromatic heterocycles. The molecule has 1 aliphatic rings. The molecule has 24 heavy (non-hydrogen) atoms. The maximum Gasteiger partial charge on any atom is 0.243 e. The molecule has 1 saturated heterocycles. The minimum atomic E-state index is 0.00285. The number of carbonyl (C=O) groups excluding carboxylic acids is 1. The number of aliphatic imine (C=N–C) groups is 1. The van der Waals surface area contributed by atoms with Gasteiger partial charge in [-0.2, -0.15) is 0 Å². The summed E-state index contributed by atoms with van der Waals surface area (Å²) in [6, 6.07) is 0. The molecule has 0 saturated carbocycles. The van der Waals surface area contributed by atoms with Gasteiger partial charge in [-0.25, -0.2) is 4.99 Å². The van der Waals surface area contributed by atoms with Crippen LogP contribution in [0.5, 0.6) is 0 Å². The van der Waals surface area contributed by atoms with Gasteiger partial charge in [0.05, 0.1) is 0 Å². The lowest BCUT2D eigenvalue weighted by atomic mass is 10.00. The summed E-state index contributed by atoms with van der Waals surface area (Å²) in [5.41, 5.74) is 0. The predicted molar refractivity (Wildman–Crippen MR) is 96.3 cm³/mol. The Bertz CT molecular complexity index is 382. The molecule has 1 amide bonds. The Morgan fingerprint density at radius 1 is 1.29 bits per heavy atom. The van der Waals surface area contributed by atoms with Gasteiger partial charge in [-0.15, -0.1) is 0 Å². The van der Waals surface area contributed by atoms with E-state index in [0.717, 1.165) is 64.7 Å². The van der Waals surface area contributed by atoms with Gasteiger partial charge in [-0.3, -0.25) is 4.79 Å². The van der Waals surface area contributed by atoms with Crippen LogP contribution in [0.3, 0.4) is 0 Å². The van der Waals surface area contributed by atoms with E-state index in [4.69, 9.17) is 9.47 Å². The van der Waals surface area contributed by atoms with E-state index in [9.17, 15) is 4.79 Å². The first-order valence-electron chi connectivity index (χ1n) is 8.89. The quantitative estimate of drug-likeness (QED) is 0.381. The molecule has 0 aromatic rings. The van der Waals surface area contributed by atoms with Crippen LogP contribution >= 0.6 is 0 Å². The van der Waals surface area contributed by atoms with Gasteiger partial charge in [-0.1, -0.05) is 0 Å². The van der Waals surface area contributed by atoms with Crippen LogP contribution in [0.1, 0.15) is 26.2 Å². The molecule has 1 fully saturated rings. The Labute approximate surface area is 146 Å². The van der Waals surface area contributed by atoms with E-state index in [1.807, 2.05) is 14.0 Å². The van der Waals surface area contributed by atoms with Crippen molar-refractivity contribution in [3.63, 3.8) is 0 Å². The van der Waals surface area contributed by atoms with Gasteiger partial charge < -0.3 is 24.6 Å². The molecular weight excluding hydrogens is 308 g/mol. The third-order valence-electron chi connectivity index (χ3n) is 4.05. The Morgan fingerprint density at radius 3 is 2.62 bits per heavy atom. The molecule has 7 heteroatoms. The highest BCUT2D eigenvalue weighted by Gasteiger charge is 2.18. The SMILES string of the molecule is CCOCCCNC(=NCC(=O)N(C)C)N(C)CC1CCOCC1. The fraction of sp³-hybridized carbons (Fsp3) is 0.882. The fourth-order valence-electron chi connectivity index (χ4n) is 2.52. The minimum Gasteiger partial charge on any atom is -0.382 e. The Morgan fingerprint density at radius 2 is 2.00 bits per heavy atom. The van der Waals surface area contributed by atoms with Gasteiger partial charge in [0.15, 0.2) is 5.96 Å². The summed E-state index contributed by atoms with van der Waals surface area (Å²) in [5, 5.41) is 3.36. The van der Waals surface area contributed by atoms with Crippen LogP contribution in [-0.2, 0) is 14.3 Å². The molecule has 0 aliphatic carbocycles. The van der Waals surface area contributed by atoms with Crippen LogP contribution in [0.4, 0.5) is 0 Å². The van der Waals surface area contributed by atoms with Gasteiger partial charge in [0.25, 0.3) is 0 Å². The number of guanidine groups is 1. The largest absolute Gasteiger partial charge is 0.382 e. The van der Waals surface area contributed by atoms with Gasteiger partial charge in [-0.05, 0) is 32.1 Å². The number of carbonyl (C=O) groups is 1. The molecule has 0 aromatic carbocycles. The molecule has 1 aliphatic heterocycles. The van der Waals surface area contributed by atoms with Crippen molar-refractivity contribution in [1.82, 2.24) is 15.1 Å². The first kappa shape index (κ1) is 20.7. The summed E-state index contributed by atoms with van der Waals surface area (Å²) in [5.74, 6) is 1.40. The highest BCUT2D eigenvalue weighted by atomic mass is 16.5. The number of amides is 1.